The molecule has 0 aliphatic heterocycles. The fourth-order valence-corrected chi connectivity index (χ4v) is 1.89. The molecule has 0 amide bonds. The maximum atomic E-state index is 13.3. The maximum Gasteiger partial charge on any atom is 0.338 e. The molecule has 0 unspecified atom stereocenters. The molecular weight excluding hydrogens is 221 g/mol. The second-order valence-corrected chi connectivity index (χ2v) is 3.92. The Morgan fingerprint density at radius 1 is 1.18 bits per heavy atom. The largest absolute Gasteiger partial charge is 0.478 e. The molecule has 0 aliphatic rings. The second kappa shape index (κ2) is 4.05. The summed E-state index contributed by atoms with van der Waals surface area (Å²) in [6, 6.07) is 7.95. The van der Waals surface area contributed by atoms with Crippen molar-refractivity contribution < 1.29 is 14.3 Å². The van der Waals surface area contributed by atoms with E-state index in [0.29, 0.717) is 5.69 Å². The standard InChI is InChI=1S/C13H12FNO2/c1-8-3-4-9(2)15(8)10-5-6-12(14)11(7-10)13(16)17/h3-7H,1-2H3,(H,16,17). The first-order valence-electron chi connectivity index (χ1n) is 5.19. The molecule has 1 heterocycles. The lowest BCUT2D eigenvalue weighted by atomic mass is 10.2. The van der Waals surface area contributed by atoms with E-state index in [4.69, 9.17) is 5.11 Å². The summed E-state index contributed by atoms with van der Waals surface area (Å²) in [6.45, 7) is 3.83. The first-order chi connectivity index (χ1) is 8.00. The van der Waals surface area contributed by atoms with Crippen LogP contribution in [0, 0.1) is 19.7 Å². The van der Waals surface area contributed by atoms with Crippen molar-refractivity contribution in [3.05, 3.63) is 53.1 Å². The van der Waals surface area contributed by atoms with Gasteiger partial charge in [-0.3, -0.25) is 0 Å². The van der Waals surface area contributed by atoms with Crippen molar-refractivity contribution in [2.24, 2.45) is 0 Å². The van der Waals surface area contributed by atoms with Gasteiger partial charge in [-0.2, -0.15) is 0 Å². The molecule has 1 aromatic heterocycles. The molecule has 17 heavy (non-hydrogen) atoms. The third-order valence-electron chi connectivity index (χ3n) is 2.71. The first-order valence-corrected chi connectivity index (χ1v) is 5.19. The minimum absolute atomic E-state index is 0.310. The van der Waals surface area contributed by atoms with Crippen LogP contribution in [0.1, 0.15) is 21.7 Å². The Kier molecular flexibility index (Phi) is 2.71. The van der Waals surface area contributed by atoms with Crippen LogP contribution in [0.4, 0.5) is 4.39 Å². The lowest BCUT2D eigenvalue weighted by molar-refractivity contribution is 0.0692. The monoisotopic (exact) mass is 233 g/mol. The first kappa shape index (κ1) is 11.4. The van der Waals surface area contributed by atoms with Crippen molar-refractivity contribution in [2.75, 3.05) is 0 Å². The average Bonchev–Trinajstić information content (AvgIpc) is 2.59. The Morgan fingerprint density at radius 3 is 2.29 bits per heavy atom. The lowest BCUT2D eigenvalue weighted by Gasteiger charge is -2.10. The molecule has 0 atom stereocenters. The maximum absolute atomic E-state index is 13.3. The molecular formula is C13H12FNO2. The molecule has 0 fully saturated rings. The molecule has 88 valence electrons. The van der Waals surface area contributed by atoms with Gasteiger partial charge in [-0.15, -0.1) is 0 Å². The molecule has 0 aliphatic carbocycles. The van der Waals surface area contributed by atoms with Crippen LogP contribution in [0.3, 0.4) is 0 Å². The van der Waals surface area contributed by atoms with Gasteiger partial charge in [-0.25, -0.2) is 9.18 Å². The SMILES string of the molecule is Cc1ccc(C)n1-c1ccc(F)c(C(=O)O)c1. The molecule has 0 saturated carbocycles. The molecule has 1 aromatic carbocycles. The number of hydrogen-bond acceptors (Lipinski definition) is 1. The van der Waals surface area contributed by atoms with Crippen LogP contribution in [0.2, 0.25) is 0 Å². The Balaban J connectivity index is 2.62. The number of aromatic nitrogens is 1. The summed E-state index contributed by atoms with van der Waals surface area (Å²) in [5, 5.41) is 8.88. The van der Waals surface area contributed by atoms with Crippen LogP contribution in [-0.2, 0) is 0 Å². The van der Waals surface area contributed by atoms with Crippen molar-refractivity contribution in [2.45, 2.75) is 13.8 Å². The van der Waals surface area contributed by atoms with Crippen LogP contribution in [0.25, 0.3) is 5.69 Å². The Labute approximate surface area is 98.1 Å². The van der Waals surface area contributed by atoms with Crippen LogP contribution in [0.15, 0.2) is 30.3 Å². The van der Waals surface area contributed by atoms with Crippen molar-refractivity contribution >= 4 is 5.97 Å². The number of benzene rings is 1. The van der Waals surface area contributed by atoms with Crippen LogP contribution in [0.5, 0.6) is 0 Å². The highest BCUT2D eigenvalue weighted by atomic mass is 19.1. The minimum atomic E-state index is -1.26. The number of nitrogens with zero attached hydrogens (tertiary/aromatic N) is 1. The number of carboxylic acid groups (broad SMARTS) is 1. The molecule has 0 spiro atoms. The zero-order valence-electron chi connectivity index (χ0n) is 9.57. The summed E-state index contributed by atoms with van der Waals surface area (Å²) in [5.41, 5.74) is 2.30. The Morgan fingerprint density at radius 2 is 1.76 bits per heavy atom. The molecule has 1 N–H and O–H groups in total. The number of aromatic carboxylic acids is 1. The summed E-state index contributed by atoms with van der Waals surface area (Å²) < 4.78 is 15.2. The predicted octanol–water partition coefficient (Wildman–Crippen LogP) is 2.93. The number of carboxylic acids is 1. The molecule has 0 bridgehead atoms. The number of aryl methyl sites for hydroxylation is 2. The van der Waals surface area contributed by atoms with Gasteiger partial charge in [-0.1, -0.05) is 0 Å². The van der Waals surface area contributed by atoms with Gasteiger partial charge in [0.2, 0.25) is 0 Å². The summed E-state index contributed by atoms with van der Waals surface area (Å²) in [6.07, 6.45) is 0. The zero-order valence-corrected chi connectivity index (χ0v) is 9.57. The highest BCUT2D eigenvalue weighted by Gasteiger charge is 2.12. The van der Waals surface area contributed by atoms with Crippen molar-refractivity contribution in [1.82, 2.24) is 4.57 Å². The van der Waals surface area contributed by atoms with Crippen LogP contribution >= 0.6 is 0 Å². The molecule has 0 radical (unpaired) electrons. The van der Waals surface area contributed by atoms with E-state index in [9.17, 15) is 9.18 Å². The van der Waals surface area contributed by atoms with Gasteiger partial charge in [0.25, 0.3) is 0 Å². The summed E-state index contributed by atoms with van der Waals surface area (Å²) in [4.78, 5) is 10.9. The number of halogens is 1. The van der Waals surface area contributed by atoms with Gasteiger partial charge in [0.15, 0.2) is 0 Å². The highest BCUT2D eigenvalue weighted by Crippen LogP contribution is 2.19. The van der Waals surface area contributed by atoms with E-state index in [1.54, 1.807) is 6.07 Å². The molecule has 2 rings (SSSR count). The highest BCUT2D eigenvalue weighted by molar-refractivity contribution is 5.88. The summed E-state index contributed by atoms with van der Waals surface area (Å²) >= 11 is 0. The van der Waals surface area contributed by atoms with Gasteiger partial charge in [0.05, 0.1) is 5.56 Å². The van der Waals surface area contributed by atoms with E-state index in [0.717, 1.165) is 11.4 Å². The Hall–Kier alpha value is -2.10. The van der Waals surface area contributed by atoms with Gasteiger partial charge in [0.1, 0.15) is 5.82 Å². The number of hydrogen-bond donors (Lipinski definition) is 1. The van der Waals surface area contributed by atoms with Crippen molar-refractivity contribution in [3.63, 3.8) is 0 Å². The van der Waals surface area contributed by atoms with Gasteiger partial charge >= 0.3 is 5.97 Å². The normalized spacial score (nSPS) is 10.5. The second-order valence-electron chi connectivity index (χ2n) is 3.92. The van der Waals surface area contributed by atoms with Gasteiger partial charge < -0.3 is 9.67 Å². The fourth-order valence-electron chi connectivity index (χ4n) is 1.89. The summed E-state index contributed by atoms with van der Waals surface area (Å²) in [5.74, 6) is -1.98. The number of rotatable bonds is 2. The smallest absolute Gasteiger partial charge is 0.338 e. The lowest BCUT2D eigenvalue weighted by Crippen LogP contribution is -2.05. The third-order valence-corrected chi connectivity index (χ3v) is 2.71. The topological polar surface area (TPSA) is 42.2 Å². The minimum Gasteiger partial charge on any atom is -0.478 e. The molecule has 2 aromatic rings. The van der Waals surface area contributed by atoms with Crippen LogP contribution < -0.4 is 0 Å². The average molecular weight is 233 g/mol. The fraction of sp³-hybridized carbons (Fsp3) is 0.154. The molecule has 4 heteroatoms. The Bertz CT molecular complexity index is 568. The van der Waals surface area contributed by atoms with Crippen LogP contribution in [-0.4, -0.2) is 15.6 Å². The number of carbonyl (C=O) groups is 1. The molecule has 0 saturated heterocycles. The van der Waals surface area contributed by atoms with E-state index in [1.807, 2.05) is 30.5 Å². The van der Waals surface area contributed by atoms with E-state index in [1.165, 1.54) is 12.1 Å². The third kappa shape index (κ3) is 1.93. The van der Waals surface area contributed by atoms with Crippen molar-refractivity contribution in [3.8, 4) is 5.69 Å². The zero-order chi connectivity index (χ0) is 12.6. The molecule has 3 nitrogen and oxygen atoms in total. The van der Waals surface area contributed by atoms with E-state index in [2.05, 4.69) is 0 Å². The van der Waals surface area contributed by atoms with Gasteiger partial charge in [-0.05, 0) is 44.2 Å². The van der Waals surface area contributed by atoms with E-state index in [-0.39, 0.29) is 5.56 Å². The van der Waals surface area contributed by atoms with Gasteiger partial charge in [0, 0.05) is 17.1 Å². The van der Waals surface area contributed by atoms with E-state index < -0.39 is 11.8 Å². The quantitative estimate of drug-likeness (QED) is 0.866. The summed E-state index contributed by atoms with van der Waals surface area (Å²) in [7, 11) is 0. The van der Waals surface area contributed by atoms with E-state index >= 15 is 0 Å². The van der Waals surface area contributed by atoms with Crippen molar-refractivity contribution in [1.29, 1.82) is 0 Å². The predicted molar refractivity (Wildman–Crippen MR) is 62.2 cm³/mol.